The Hall–Kier alpha value is -2.35. The van der Waals surface area contributed by atoms with Crippen molar-refractivity contribution in [1.29, 1.82) is 0 Å². The summed E-state index contributed by atoms with van der Waals surface area (Å²) in [6.07, 6.45) is -0.567. The fraction of sp³-hybridized carbons (Fsp3) is 0.500. The van der Waals surface area contributed by atoms with Crippen molar-refractivity contribution in [3.05, 3.63) is 42.5 Å². The van der Waals surface area contributed by atoms with Gasteiger partial charge in [-0.05, 0) is 22.9 Å². The van der Waals surface area contributed by atoms with Crippen LogP contribution in [-0.4, -0.2) is 97.6 Å². The van der Waals surface area contributed by atoms with Crippen LogP contribution in [-0.2, 0) is 4.74 Å². The van der Waals surface area contributed by atoms with E-state index in [1.54, 1.807) is 0 Å². The van der Waals surface area contributed by atoms with Crippen molar-refractivity contribution in [2.75, 3.05) is 65.6 Å². The number of urea groups is 1. The van der Waals surface area contributed by atoms with Gasteiger partial charge in [-0.2, -0.15) is 0 Å². The summed E-state index contributed by atoms with van der Waals surface area (Å²) in [5.74, 6) is 0.767. The minimum absolute atomic E-state index is 0.105. The van der Waals surface area contributed by atoms with Gasteiger partial charge in [0.15, 0.2) is 0 Å². The van der Waals surface area contributed by atoms with Crippen LogP contribution >= 0.6 is 0 Å². The topological polar surface area (TPSA) is 65.5 Å². The van der Waals surface area contributed by atoms with E-state index in [4.69, 9.17) is 9.47 Å². The van der Waals surface area contributed by atoms with Crippen LogP contribution in [0.4, 0.5) is 4.79 Å². The zero-order valence-electron chi connectivity index (χ0n) is 16.7. The smallest absolute Gasteiger partial charge is 0.320 e. The quantitative estimate of drug-likeness (QED) is 0.828. The molecule has 2 aliphatic heterocycles. The molecule has 2 aromatic rings. The minimum atomic E-state index is -0.567. The van der Waals surface area contributed by atoms with Crippen LogP contribution in [0.5, 0.6) is 5.75 Å². The van der Waals surface area contributed by atoms with Crippen LogP contribution in [0.3, 0.4) is 0 Å². The van der Waals surface area contributed by atoms with Crippen LogP contribution in [0.25, 0.3) is 10.8 Å². The minimum Gasteiger partial charge on any atom is -0.491 e. The fourth-order valence-corrected chi connectivity index (χ4v) is 3.88. The first kappa shape index (κ1) is 19.9. The van der Waals surface area contributed by atoms with E-state index in [-0.39, 0.29) is 12.6 Å². The molecular weight excluding hydrogens is 370 g/mol. The van der Waals surface area contributed by atoms with E-state index < -0.39 is 6.10 Å². The Morgan fingerprint density at radius 2 is 1.66 bits per heavy atom. The zero-order chi connectivity index (χ0) is 20.1. The van der Waals surface area contributed by atoms with E-state index in [0.29, 0.717) is 45.9 Å². The normalized spacial score (nSPS) is 19.3. The number of β-amino-alcohol motifs (C(OH)–C–C–N with tert-alkyl or cyclic N) is 1. The molecule has 2 aromatic carbocycles. The van der Waals surface area contributed by atoms with Crippen molar-refractivity contribution >= 4 is 16.8 Å². The molecule has 0 saturated carbocycles. The molecule has 2 amide bonds. The van der Waals surface area contributed by atoms with E-state index in [2.05, 4.69) is 17.0 Å². The lowest BCUT2D eigenvalue weighted by molar-refractivity contribution is 0.0289. The summed E-state index contributed by atoms with van der Waals surface area (Å²) in [4.78, 5) is 18.5. The number of fused-ring (bicyclic) bond motifs is 1. The van der Waals surface area contributed by atoms with Crippen LogP contribution in [0.2, 0.25) is 0 Å². The number of hydrogen-bond acceptors (Lipinski definition) is 5. The maximum atomic E-state index is 12.5. The van der Waals surface area contributed by atoms with Gasteiger partial charge in [0.05, 0.1) is 13.2 Å². The number of benzene rings is 2. The van der Waals surface area contributed by atoms with Crippen LogP contribution in [0.1, 0.15) is 0 Å². The van der Waals surface area contributed by atoms with Gasteiger partial charge in [-0.3, -0.25) is 4.90 Å². The first-order valence-corrected chi connectivity index (χ1v) is 10.3. The lowest BCUT2D eigenvalue weighted by Crippen LogP contribution is -2.55. The summed E-state index contributed by atoms with van der Waals surface area (Å²) >= 11 is 0. The van der Waals surface area contributed by atoms with Crippen molar-refractivity contribution in [2.24, 2.45) is 0 Å². The number of aliphatic hydroxyl groups is 1. The Morgan fingerprint density at radius 1 is 0.966 bits per heavy atom. The monoisotopic (exact) mass is 399 g/mol. The van der Waals surface area contributed by atoms with Crippen molar-refractivity contribution in [2.45, 2.75) is 6.10 Å². The highest BCUT2D eigenvalue weighted by molar-refractivity contribution is 5.83. The van der Waals surface area contributed by atoms with Gasteiger partial charge < -0.3 is 24.4 Å². The Balaban J connectivity index is 1.20. The molecule has 2 saturated heterocycles. The van der Waals surface area contributed by atoms with Gasteiger partial charge in [0.2, 0.25) is 0 Å². The van der Waals surface area contributed by atoms with Crippen molar-refractivity contribution in [3.8, 4) is 5.75 Å². The average molecular weight is 399 g/mol. The van der Waals surface area contributed by atoms with Crippen LogP contribution in [0, 0.1) is 0 Å². The SMILES string of the molecule is O=C(N1CCOCC1)N1CCN(C[C@@H](O)COc2ccc3ccccc3c2)CC1. The van der Waals surface area contributed by atoms with E-state index in [0.717, 1.165) is 24.2 Å². The Morgan fingerprint density at radius 3 is 2.41 bits per heavy atom. The van der Waals surface area contributed by atoms with E-state index in [1.165, 1.54) is 5.39 Å². The third-order valence-electron chi connectivity index (χ3n) is 5.56. The number of hydrogen-bond donors (Lipinski definition) is 1. The van der Waals surface area contributed by atoms with Gasteiger partial charge in [-0.15, -0.1) is 0 Å². The van der Waals surface area contributed by atoms with Gasteiger partial charge in [0.1, 0.15) is 18.5 Å². The number of carbonyl (C=O) groups excluding carboxylic acids is 1. The molecule has 2 aliphatic rings. The lowest BCUT2D eigenvalue weighted by Gasteiger charge is -2.39. The second-order valence-electron chi connectivity index (χ2n) is 7.64. The van der Waals surface area contributed by atoms with Gasteiger partial charge >= 0.3 is 6.03 Å². The molecule has 7 heteroatoms. The highest BCUT2D eigenvalue weighted by Crippen LogP contribution is 2.20. The predicted molar refractivity (Wildman–Crippen MR) is 111 cm³/mol. The maximum Gasteiger partial charge on any atom is 0.320 e. The molecule has 0 unspecified atom stereocenters. The highest BCUT2D eigenvalue weighted by Gasteiger charge is 2.27. The summed E-state index contributed by atoms with van der Waals surface area (Å²) in [6, 6.07) is 14.2. The summed E-state index contributed by atoms with van der Waals surface area (Å²) in [5.41, 5.74) is 0. The number of rotatable bonds is 5. The average Bonchev–Trinajstić information content (AvgIpc) is 2.78. The number of aliphatic hydroxyl groups excluding tert-OH is 1. The number of nitrogens with zero attached hydrogens (tertiary/aromatic N) is 3. The molecule has 2 fully saturated rings. The Kier molecular flexibility index (Phi) is 6.49. The van der Waals surface area contributed by atoms with Crippen molar-refractivity contribution in [3.63, 3.8) is 0 Å². The molecule has 29 heavy (non-hydrogen) atoms. The molecule has 0 radical (unpaired) electrons. The van der Waals surface area contributed by atoms with Crippen LogP contribution < -0.4 is 4.74 Å². The second-order valence-corrected chi connectivity index (χ2v) is 7.64. The van der Waals surface area contributed by atoms with Gasteiger partial charge in [-0.1, -0.05) is 30.3 Å². The molecule has 0 bridgehead atoms. The fourth-order valence-electron chi connectivity index (χ4n) is 3.88. The molecular formula is C22H29N3O4. The number of carbonyl (C=O) groups is 1. The van der Waals surface area contributed by atoms with E-state index in [9.17, 15) is 9.90 Å². The first-order chi connectivity index (χ1) is 14.2. The molecule has 156 valence electrons. The van der Waals surface area contributed by atoms with Crippen molar-refractivity contribution < 1.29 is 19.4 Å². The Bertz CT molecular complexity index is 817. The third kappa shape index (κ3) is 5.18. The largest absolute Gasteiger partial charge is 0.491 e. The molecule has 7 nitrogen and oxygen atoms in total. The highest BCUT2D eigenvalue weighted by atomic mass is 16.5. The predicted octanol–water partition coefficient (Wildman–Crippen LogP) is 1.65. The molecule has 1 atom stereocenters. The molecule has 2 heterocycles. The zero-order valence-corrected chi connectivity index (χ0v) is 16.7. The number of amides is 2. The maximum absolute atomic E-state index is 12.5. The van der Waals surface area contributed by atoms with E-state index in [1.807, 2.05) is 40.1 Å². The van der Waals surface area contributed by atoms with Gasteiger partial charge in [0.25, 0.3) is 0 Å². The molecule has 0 spiro atoms. The number of ether oxygens (including phenoxy) is 2. The summed E-state index contributed by atoms with van der Waals surface area (Å²) in [5, 5.41) is 12.7. The second kappa shape index (κ2) is 9.43. The lowest BCUT2D eigenvalue weighted by atomic mass is 10.1. The van der Waals surface area contributed by atoms with Crippen LogP contribution in [0.15, 0.2) is 42.5 Å². The summed E-state index contributed by atoms with van der Waals surface area (Å²) in [6.45, 7) is 6.30. The standard InChI is InChI=1S/C22H29N3O4/c26-20(17-29-21-6-5-18-3-1-2-4-19(18)15-21)16-23-7-9-24(10-8-23)22(27)25-11-13-28-14-12-25/h1-6,15,20,26H,7-14,16-17H2/t20-/m1/s1. The number of piperazine rings is 1. The van der Waals surface area contributed by atoms with E-state index >= 15 is 0 Å². The molecule has 0 aliphatic carbocycles. The van der Waals surface area contributed by atoms with Gasteiger partial charge in [0, 0.05) is 45.8 Å². The molecule has 0 aromatic heterocycles. The third-order valence-corrected chi connectivity index (χ3v) is 5.56. The Labute approximate surface area is 171 Å². The first-order valence-electron chi connectivity index (χ1n) is 10.3. The summed E-state index contributed by atoms with van der Waals surface area (Å²) in [7, 11) is 0. The number of morpholine rings is 1. The molecule has 4 rings (SSSR count). The summed E-state index contributed by atoms with van der Waals surface area (Å²) < 4.78 is 11.1. The van der Waals surface area contributed by atoms with Crippen molar-refractivity contribution in [1.82, 2.24) is 14.7 Å². The molecule has 1 N–H and O–H groups in total. The van der Waals surface area contributed by atoms with Gasteiger partial charge in [-0.25, -0.2) is 4.79 Å².